The molecule has 0 radical (unpaired) electrons. The van der Waals surface area contributed by atoms with Crippen molar-refractivity contribution < 1.29 is 0 Å². The molecule has 3 N–H and O–H groups in total. The number of anilines is 1. The van der Waals surface area contributed by atoms with E-state index in [-0.39, 0.29) is 29.5 Å². The highest BCUT2D eigenvalue weighted by Gasteiger charge is 2.10. The largest absolute Gasteiger partial charge is 0.385 e. The van der Waals surface area contributed by atoms with Crippen molar-refractivity contribution in [2.45, 2.75) is 32.7 Å². The Morgan fingerprint density at radius 2 is 1.75 bits per heavy atom. The third-order valence-electron chi connectivity index (χ3n) is 2.47. The molecule has 0 aliphatic heterocycles. The normalized spacial score (nSPS) is 11.5. The smallest absolute Gasteiger partial charge is 0.191 e. The third-order valence-corrected chi connectivity index (χ3v) is 2.47. The lowest BCUT2D eigenvalue weighted by molar-refractivity contribution is 0.501. The van der Waals surface area contributed by atoms with Crippen molar-refractivity contribution >= 4 is 35.6 Å². The Kier molecular flexibility index (Phi) is 9.37. The molecule has 0 amide bonds. The summed E-state index contributed by atoms with van der Waals surface area (Å²) >= 11 is 0. The summed E-state index contributed by atoms with van der Waals surface area (Å²) in [5.41, 5.74) is 1.20. The van der Waals surface area contributed by atoms with Crippen LogP contribution in [0.25, 0.3) is 0 Å². The zero-order valence-electron chi connectivity index (χ0n) is 12.9. The van der Waals surface area contributed by atoms with Gasteiger partial charge < -0.3 is 16.0 Å². The van der Waals surface area contributed by atoms with Gasteiger partial charge in [-0.1, -0.05) is 18.2 Å². The number of aliphatic imine (C=N–C) groups is 1. The highest BCUT2D eigenvalue weighted by Crippen LogP contribution is 2.04. The molecule has 5 heteroatoms. The molecule has 4 nitrogen and oxygen atoms in total. The fourth-order valence-electron chi connectivity index (χ4n) is 1.62. The molecule has 0 bridgehead atoms. The fraction of sp³-hybridized carbons (Fsp3) is 0.533. The maximum absolute atomic E-state index is 4.20. The molecule has 0 heterocycles. The monoisotopic (exact) mass is 390 g/mol. The van der Waals surface area contributed by atoms with Crippen LogP contribution < -0.4 is 16.0 Å². The highest BCUT2D eigenvalue weighted by molar-refractivity contribution is 14.0. The van der Waals surface area contributed by atoms with E-state index in [0.717, 1.165) is 25.5 Å². The minimum atomic E-state index is 0. The Bertz CT molecular complexity index is 385. The van der Waals surface area contributed by atoms with E-state index < -0.39 is 0 Å². The summed E-state index contributed by atoms with van der Waals surface area (Å²) in [6.07, 6.45) is 1.04. The highest BCUT2D eigenvalue weighted by atomic mass is 127. The Morgan fingerprint density at radius 1 is 1.10 bits per heavy atom. The summed E-state index contributed by atoms with van der Waals surface area (Å²) < 4.78 is 0. The van der Waals surface area contributed by atoms with Crippen LogP contribution in [-0.2, 0) is 0 Å². The van der Waals surface area contributed by atoms with Crippen LogP contribution in [0.4, 0.5) is 5.69 Å². The number of para-hydroxylation sites is 1. The summed E-state index contributed by atoms with van der Waals surface area (Å²) in [6, 6.07) is 10.3. The van der Waals surface area contributed by atoms with Crippen LogP contribution in [0.2, 0.25) is 0 Å². The molecule has 0 fully saturated rings. The van der Waals surface area contributed by atoms with E-state index in [2.05, 4.69) is 53.8 Å². The fourth-order valence-corrected chi connectivity index (χ4v) is 1.62. The van der Waals surface area contributed by atoms with Gasteiger partial charge in [0.05, 0.1) is 0 Å². The van der Waals surface area contributed by atoms with Crippen LogP contribution in [0.3, 0.4) is 0 Å². The molecule has 1 rings (SSSR count). The van der Waals surface area contributed by atoms with Crippen molar-refractivity contribution in [3.8, 4) is 0 Å². The second kappa shape index (κ2) is 9.85. The van der Waals surface area contributed by atoms with Gasteiger partial charge in [0.1, 0.15) is 0 Å². The van der Waals surface area contributed by atoms with Crippen LogP contribution in [0.5, 0.6) is 0 Å². The molecule has 0 saturated carbocycles. The van der Waals surface area contributed by atoms with E-state index in [0.29, 0.717) is 0 Å². The number of hydrogen-bond acceptors (Lipinski definition) is 2. The number of nitrogens with one attached hydrogen (secondary N) is 3. The van der Waals surface area contributed by atoms with Gasteiger partial charge in [0.2, 0.25) is 0 Å². The Hall–Kier alpha value is -0.980. The molecule has 0 saturated heterocycles. The Balaban J connectivity index is 0.00000361. The lowest BCUT2D eigenvalue weighted by Crippen LogP contribution is -2.47. The van der Waals surface area contributed by atoms with E-state index >= 15 is 0 Å². The Labute approximate surface area is 139 Å². The first-order valence-corrected chi connectivity index (χ1v) is 6.79. The average molecular weight is 390 g/mol. The zero-order valence-corrected chi connectivity index (χ0v) is 15.2. The average Bonchev–Trinajstić information content (AvgIpc) is 2.37. The number of halogens is 1. The number of nitrogens with zero attached hydrogens (tertiary/aromatic N) is 1. The van der Waals surface area contributed by atoms with E-state index in [1.54, 1.807) is 7.05 Å². The van der Waals surface area contributed by atoms with Crippen molar-refractivity contribution in [2.75, 3.05) is 25.5 Å². The van der Waals surface area contributed by atoms with E-state index in [4.69, 9.17) is 0 Å². The number of guanidine groups is 1. The second-order valence-electron chi connectivity index (χ2n) is 5.52. The van der Waals surface area contributed by atoms with Crippen LogP contribution in [0, 0.1) is 0 Å². The number of rotatable bonds is 5. The molecule has 0 aliphatic carbocycles. The molecule has 0 atom stereocenters. The summed E-state index contributed by atoms with van der Waals surface area (Å²) in [7, 11) is 1.79. The standard InChI is InChI=1S/C15H26N4.HI/c1-15(2,3)19-14(16-4)18-12-8-11-17-13-9-6-5-7-10-13;/h5-7,9-10,17H,8,11-12H2,1-4H3,(H2,16,18,19);1H. The molecule has 0 aliphatic rings. The summed E-state index contributed by atoms with van der Waals surface area (Å²) in [5.74, 6) is 0.854. The molecule has 0 spiro atoms. The lowest BCUT2D eigenvalue weighted by Gasteiger charge is -2.23. The van der Waals surface area contributed by atoms with Crippen LogP contribution in [-0.4, -0.2) is 31.6 Å². The van der Waals surface area contributed by atoms with Crippen molar-refractivity contribution in [2.24, 2.45) is 4.99 Å². The molecule has 0 aromatic heterocycles. The lowest BCUT2D eigenvalue weighted by atomic mass is 10.1. The molecule has 0 unspecified atom stereocenters. The maximum atomic E-state index is 4.20. The predicted octanol–water partition coefficient (Wildman–Crippen LogP) is 3.07. The summed E-state index contributed by atoms with van der Waals surface area (Å²) in [5, 5.41) is 10.0. The van der Waals surface area contributed by atoms with E-state index in [1.165, 1.54) is 5.69 Å². The van der Waals surface area contributed by atoms with Gasteiger partial charge in [0.25, 0.3) is 0 Å². The van der Waals surface area contributed by atoms with Crippen LogP contribution in [0.1, 0.15) is 27.2 Å². The van der Waals surface area contributed by atoms with Crippen LogP contribution >= 0.6 is 24.0 Å². The zero-order chi connectivity index (χ0) is 14.1. The predicted molar refractivity (Wildman–Crippen MR) is 99.2 cm³/mol. The van der Waals surface area contributed by atoms with Gasteiger partial charge in [0, 0.05) is 31.4 Å². The number of benzene rings is 1. The SMILES string of the molecule is CN=C(NCCCNc1ccccc1)NC(C)(C)C.I. The van der Waals surface area contributed by atoms with Gasteiger partial charge >= 0.3 is 0 Å². The van der Waals surface area contributed by atoms with Gasteiger partial charge in [-0.15, -0.1) is 24.0 Å². The Morgan fingerprint density at radius 3 is 2.30 bits per heavy atom. The number of hydrogen-bond donors (Lipinski definition) is 3. The summed E-state index contributed by atoms with van der Waals surface area (Å²) in [6.45, 7) is 8.21. The second-order valence-corrected chi connectivity index (χ2v) is 5.52. The molecule has 20 heavy (non-hydrogen) atoms. The van der Waals surface area contributed by atoms with Gasteiger partial charge in [-0.3, -0.25) is 4.99 Å². The summed E-state index contributed by atoms with van der Waals surface area (Å²) in [4.78, 5) is 4.20. The van der Waals surface area contributed by atoms with Gasteiger partial charge in [-0.05, 0) is 39.3 Å². The van der Waals surface area contributed by atoms with E-state index in [1.807, 2.05) is 18.2 Å². The molecule has 114 valence electrons. The van der Waals surface area contributed by atoms with Gasteiger partial charge in [0.15, 0.2) is 5.96 Å². The first kappa shape index (κ1) is 19.0. The van der Waals surface area contributed by atoms with Crippen LogP contribution in [0.15, 0.2) is 35.3 Å². The van der Waals surface area contributed by atoms with Crippen molar-refractivity contribution in [1.29, 1.82) is 0 Å². The maximum Gasteiger partial charge on any atom is 0.191 e. The minimum absolute atomic E-state index is 0. The first-order valence-electron chi connectivity index (χ1n) is 6.79. The molecule has 1 aromatic carbocycles. The minimum Gasteiger partial charge on any atom is -0.385 e. The molecular formula is C15H27IN4. The molecular weight excluding hydrogens is 363 g/mol. The van der Waals surface area contributed by atoms with Gasteiger partial charge in [-0.25, -0.2) is 0 Å². The topological polar surface area (TPSA) is 48.5 Å². The molecule has 1 aromatic rings. The first-order chi connectivity index (χ1) is 9.01. The van der Waals surface area contributed by atoms with Gasteiger partial charge in [-0.2, -0.15) is 0 Å². The van der Waals surface area contributed by atoms with Crippen molar-refractivity contribution in [1.82, 2.24) is 10.6 Å². The quantitative estimate of drug-likeness (QED) is 0.314. The van der Waals surface area contributed by atoms with E-state index in [9.17, 15) is 0 Å². The third kappa shape index (κ3) is 9.01. The van der Waals surface area contributed by atoms with Crippen molar-refractivity contribution in [3.63, 3.8) is 0 Å². The van der Waals surface area contributed by atoms with Crippen molar-refractivity contribution in [3.05, 3.63) is 30.3 Å².